The molecule has 0 aliphatic carbocycles. The van der Waals surface area contributed by atoms with Gasteiger partial charge in [-0.3, -0.25) is 4.79 Å². The minimum absolute atomic E-state index is 0.262. The van der Waals surface area contributed by atoms with Crippen molar-refractivity contribution in [2.75, 3.05) is 0 Å². The number of nitrogens with one attached hydrogen (secondary N) is 2. The largest absolute Gasteiger partial charge is 0.480 e. The number of carboxylic acid groups (broad SMARTS) is 1. The van der Waals surface area contributed by atoms with E-state index in [2.05, 4.69) is 10.3 Å². The molecule has 1 rings (SSSR count). The van der Waals surface area contributed by atoms with E-state index in [4.69, 9.17) is 16.7 Å². The van der Waals surface area contributed by atoms with Crippen molar-refractivity contribution < 1.29 is 14.7 Å². The van der Waals surface area contributed by atoms with Crippen LogP contribution >= 0.6 is 11.6 Å². The lowest BCUT2D eigenvalue weighted by Gasteiger charge is -2.13. The minimum atomic E-state index is -1.02. The molecule has 0 aliphatic heterocycles. The summed E-state index contributed by atoms with van der Waals surface area (Å²) < 4.78 is 0. The molecule has 0 saturated carbocycles. The van der Waals surface area contributed by atoms with Gasteiger partial charge in [0.15, 0.2) is 0 Å². The predicted octanol–water partition coefficient (Wildman–Crippen LogP) is 2.04. The van der Waals surface area contributed by atoms with Crippen LogP contribution in [-0.2, 0) is 4.79 Å². The van der Waals surface area contributed by atoms with Crippen molar-refractivity contribution >= 4 is 23.5 Å². The van der Waals surface area contributed by atoms with Crippen molar-refractivity contribution in [2.45, 2.75) is 32.2 Å². The van der Waals surface area contributed by atoms with Crippen LogP contribution < -0.4 is 5.32 Å². The number of carbonyl (C=O) groups is 2. The normalized spacial score (nSPS) is 12.1. The number of carbonyl (C=O) groups excluding carboxylic acids is 1. The summed E-state index contributed by atoms with van der Waals surface area (Å²) in [5.41, 5.74) is 0.262. The Morgan fingerprint density at radius 3 is 2.76 bits per heavy atom. The van der Waals surface area contributed by atoms with Gasteiger partial charge in [-0.05, 0) is 12.5 Å². The first-order valence-corrected chi connectivity index (χ1v) is 5.80. The Morgan fingerprint density at radius 1 is 1.59 bits per heavy atom. The number of rotatable bonds is 6. The van der Waals surface area contributed by atoms with E-state index >= 15 is 0 Å². The molecule has 1 aromatic rings. The molecule has 17 heavy (non-hydrogen) atoms. The molecule has 3 N–H and O–H groups in total. The lowest BCUT2D eigenvalue weighted by Crippen LogP contribution is -2.40. The van der Waals surface area contributed by atoms with Gasteiger partial charge in [0.2, 0.25) is 0 Å². The first-order chi connectivity index (χ1) is 8.04. The highest BCUT2D eigenvalue weighted by atomic mass is 35.5. The number of aromatic nitrogens is 1. The molecule has 5 nitrogen and oxygen atoms in total. The van der Waals surface area contributed by atoms with Gasteiger partial charge < -0.3 is 15.4 Å². The molecule has 0 saturated heterocycles. The Hall–Kier alpha value is -1.49. The Bertz CT molecular complexity index is 403. The molecule has 1 amide bonds. The highest BCUT2D eigenvalue weighted by molar-refractivity contribution is 6.30. The average molecular weight is 259 g/mol. The van der Waals surface area contributed by atoms with Crippen LogP contribution in [0.5, 0.6) is 0 Å². The van der Waals surface area contributed by atoms with Crippen LogP contribution in [0.3, 0.4) is 0 Å². The second-order valence-electron chi connectivity index (χ2n) is 3.74. The smallest absolute Gasteiger partial charge is 0.326 e. The number of H-pyrrole nitrogens is 1. The topological polar surface area (TPSA) is 82.2 Å². The fourth-order valence-electron chi connectivity index (χ4n) is 1.40. The average Bonchev–Trinajstić information content (AvgIpc) is 2.70. The molecule has 6 heteroatoms. The quantitative estimate of drug-likeness (QED) is 0.730. The molecule has 0 spiro atoms. The Balaban J connectivity index is 2.60. The van der Waals surface area contributed by atoms with Gasteiger partial charge in [0.05, 0.1) is 5.02 Å². The summed E-state index contributed by atoms with van der Waals surface area (Å²) in [5.74, 6) is -1.48. The monoisotopic (exact) mass is 258 g/mol. The zero-order chi connectivity index (χ0) is 12.8. The van der Waals surface area contributed by atoms with Crippen LogP contribution in [0.15, 0.2) is 12.3 Å². The molecule has 1 unspecified atom stereocenters. The molecular weight excluding hydrogens is 244 g/mol. The number of carboxylic acids is 1. The van der Waals surface area contributed by atoms with E-state index < -0.39 is 17.9 Å². The lowest BCUT2D eigenvalue weighted by atomic mass is 10.1. The third-order valence-electron chi connectivity index (χ3n) is 2.34. The van der Waals surface area contributed by atoms with Gasteiger partial charge in [0.25, 0.3) is 5.91 Å². The van der Waals surface area contributed by atoms with E-state index in [0.717, 1.165) is 12.8 Å². The van der Waals surface area contributed by atoms with Crippen molar-refractivity contribution in [3.8, 4) is 0 Å². The van der Waals surface area contributed by atoms with Gasteiger partial charge in [0, 0.05) is 6.20 Å². The third kappa shape index (κ3) is 4.11. The molecule has 94 valence electrons. The van der Waals surface area contributed by atoms with Crippen LogP contribution in [-0.4, -0.2) is 28.0 Å². The van der Waals surface area contributed by atoms with Crippen LogP contribution in [0.4, 0.5) is 0 Å². The Labute approximate surface area is 104 Å². The second-order valence-corrected chi connectivity index (χ2v) is 4.17. The van der Waals surface area contributed by atoms with Gasteiger partial charge in [-0.2, -0.15) is 0 Å². The first kappa shape index (κ1) is 13.6. The highest BCUT2D eigenvalue weighted by Crippen LogP contribution is 2.10. The van der Waals surface area contributed by atoms with Gasteiger partial charge in [0.1, 0.15) is 11.7 Å². The van der Waals surface area contributed by atoms with E-state index in [1.54, 1.807) is 0 Å². The zero-order valence-corrected chi connectivity index (χ0v) is 10.3. The lowest BCUT2D eigenvalue weighted by molar-refractivity contribution is -0.139. The molecule has 1 heterocycles. The molecule has 1 atom stereocenters. The van der Waals surface area contributed by atoms with Crippen LogP contribution in [0.1, 0.15) is 36.7 Å². The SMILES string of the molecule is CCCCC(NC(=O)c1cc(Cl)c[nH]1)C(=O)O. The van der Waals surface area contributed by atoms with Crippen LogP contribution in [0.25, 0.3) is 0 Å². The fourth-order valence-corrected chi connectivity index (χ4v) is 1.56. The van der Waals surface area contributed by atoms with E-state index in [-0.39, 0.29) is 5.69 Å². The third-order valence-corrected chi connectivity index (χ3v) is 2.56. The molecule has 0 radical (unpaired) electrons. The molecular formula is C11H15ClN2O3. The number of unbranched alkanes of at least 4 members (excludes halogenated alkanes) is 1. The molecule has 1 aromatic heterocycles. The van der Waals surface area contributed by atoms with Gasteiger partial charge in [-0.15, -0.1) is 0 Å². The molecule has 0 aromatic carbocycles. The van der Waals surface area contributed by atoms with Crippen molar-refractivity contribution in [1.29, 1.82) is 0 Å². The summed E-state index contributed by atoms with van der Waals surface area (Å²) in [7, 11) is 0. The van der Waals surface area contributed by atoms with Crippen molar-refractivity contribution in [3.63, 3.8) is 0 Å². The summed E-state index contributed by atoms with van der Waals surface area (Å²) >= 11 is 5.66. The number of aliphatic carboxylic acids is 1. The molecule has 0 aliphatic rings. The van der Waals surface area contributed by atoms with Gasteiger partial charge in [-0.1, -0.05) is 31.4 Å². The summed E-state index contributed by atoms with van der Waals surface area (Å²) in [6.07, 6.45) is 3.53. The Morgan fingerprint density at radius 2 is 2.29 bits per heavy atom. The number of hydrogen-bond acceptors (Lipinski definition) is 2. The van der Waals surface area contributed by atoms with Crippen molar-refractivity contribution in [3.05, 3.63) is 23.0 Å². The summed E-state index contributed by atoms with van der Waals surface area (Å²) in [5, 5.41) is 11.8. The number of amides is 1. The summed E-state index contributed by atoms with van der Waals surface area (Å²) in [6, 6.07) is 0.597. The van der Waals surface area contributed by atoms with E-state index in [1.165, 1.54) is 12.3 Å². The molecule has 0 fully saturated rings. The Kier molecular flexibility index (Phi) is 5.03. The van der Waals surface area contributed by atoms with Crippen molar-refractivity contribution in [1.82, 2.24) is 10.3 Å². The van der Waals surface area contributed by atoms with Crippen molar-refractivity contribution in [2.24, 2.45) is 0 Å². The fraction of sp³-hybridized carbons (Fsp3) is 0.455. The van der Waals surface area contributed by atoms with E-state index in [9.17, 15) is 9.59 Å². The van der Waals surface area contributed by atoms with E-state index in [0.29, 0.717) is 11.4 Å². The number of hydrogen-bond donors (Lipinski definition) is 3. The van der Waals surface area contributed by atoms with Gasteiger partial charge >= 0.3 is 5.97 Å². The minimum Gasteiger partial charge on any atom is -0.480 e. The highest BCUT2D eigenvalue weighted by Gasteiger charge is 2.20. The van der Waals surface area contributed by atoms with Gasteiger partial charge in [-0.25, -0.2) is 4.79 Å². The maximum atomic E-state index is 11.7. The maximum Gasteiger partial charge on any atom is 0.326 e. The maximum absolute atomic E-state index is 11.7. The number of aromatic amines is 1. The zero-order valence-electron chi connectivity index (χ0n) is 9.50. The van der Waals surface area contributed by atoms with Crippen LogP contribution in [0.2, 0.25) is 5.02 Å². The van der Waals surface area contributed by atoms with Crippen LogP contribution in [0, 0.1) is 0 Å². The summed E-state index contributed by atoms with van der Waals surface area (Å²) in [6.45, 7) is 1.96. The first-order valence-electron chi connectivity index (χ1n) is 5.42. The standard InChI is InChI=1S/C11H15ClN2O3/c1-2-3-4-8(11(16)17)14-10(15)9-5-7(12)6-13-9/h5-6,8,13H,2-4H2,1H3,(H,14,15)(H,16,17). The van der Waals surface area contributed by atoms with E-state index in [1.807, 2.05) is 6.92 Å². The number of halogens is 1. The second kappa shape index (κ2) is 6.30. The predicted molar refractivity (Wildman–Crippen MR) is 64.2 cm³/mol. The summed E-state index contributed by atoms with van der Waals surface area (Å²) in [4.78, 5) is 25.3. The molecule has 0 bridgehead atoms.